The lowest BCUT2D eigenvalue weighted by Gasteiger charge is -2.41. The molecule has 0 aliphatic carbocycles. The van der Waals surface area contributed by atoms with Gasteiger partial charge in [0.2, 0.25) is 10.8 Å². The summed E-state index contributed by atoms with van der Waals surface area (Å²) in [4.78, 5) is 8.31. The fraction of sp³-hybridized carbons (Fsp3) is 0.474. The second-order valence-corrected chi connectivity index (χ2v) is 8.69. The molecule has 2 aromatic heterocycles. The van der Waals surface area contributed by atoms with E-state index in [0.717, 1.165) is 36.4 Å². The van der Waals surface area contributed by atoms with Gasteiger partial charge in [-0.3, -0.25) is 4.90 Å². The standard InChI is InChI=1S/C19H21ClN4O3S/c1-12-21-18-24(22-12)17(25)16(28-18)15(13-2-4-14(20)5-3-13)23-8-6-19(7-9-23)26-10-11-27-19/h2-5,15,25H,6-11H2,1H3/t15-/m1/s1. The Kier molecular flexibility index (Phi) is 4.56. The first-order chi connectivity index (χ1) is 13.5. The molecule has 28 heavy (non-hydrogen) atoms. The van der Waals surface area contributed by atoms with Crippen molar-refractivity contribution in [1.82, 2.24) is 19.5 Å². The van der Waals surface area contributed by atoms with Crippen molar-refractivity contribution >= 4 is 27.9 Å². The first-order valence-corrected chi connectivity index (χ1v) is 10.6. The molecule has 4 heterocycles. The number of aromatic hydroxyl groups is 1. The first kappa shape index (κ1) is 18.3. The van der Waals surface area contributed by atoms with E-state index in [0.29, 0.717) is 29.0 Å². The third-order valence-corrected chi connectivity index (χ3v) is 6.80. The summed E-state index contributed by atoms with van der Waals surface area (Å²) in [5.74, 6) is 0.354. The van der Waals surface area contributed by atoms with Crippen molar-refractivity contribution in [3.8, 4) is 5.88 Å². The number of thiazole rings is 1. The second kappa shape index (κ2) is 6.96. The molecule has 1 spiro atoms. The Morgan fingerprint density at radius 2 is 1.86 bits per heavy atom. The zero-order valence-electron chi connectivity index (χ0n) is 15.5. The van der Waals surface area contributed by atoms with Crippen LogP contribution in [0.3, 0.4) is 0 Å². The smallest absolute Gasteiger partial charge is 0.230 e. The molecule has 1 aromatic carbocycles. The van der Waals surface area contributed by atoms with E-state index >= 15 is 0 Å². The van der Waals surface area contributed by atoms with Gasteiger partial charge in [-0.2, -0.15) is 4.52 Å². The van der Waals surface area contributed by atoms with Crippen molar-refractivity contribution in [3.63, 3.8) is 0 Å². The molecule has 2 aliphatic rings. The van der Waals surface area contributed by atoms with Crippen LogP contribution in [0, 0.1) is 6.92 Å². The fourth-order valence-corrected chi connectivity index (χ4v) is 5.40. The molecule has 0 unspecified atom stereocenters. The minimum absolute atomic E-state index is 0.107. The van der Waals surface area contributed by atoms with E-state index in [9.17, 15) is 5.11 Å². The number of halogens is 1. The average Bonchev–Trinajstić information content (AvgIpc) is 3.37. The average molecular weight is 421 g/mol. The van der Waals surface area contributed by atoms with Gasteiger partial charge in [0.25, 0.3) is 0 Å². The summed E-state index contributed by atoms with van der Waals surface area (Å²) in [5.41, 5.74) is 1.07. The molecule has 0 radical (unpaired) electrons. The molecule has 1 atom stereocenters. The summed E-state index contributed by atoms with van der Waals surface area (Å²) in [6.07, 6.45) is 1.61. The van der Waals surface area contributed by atoms with Gasteiger partial charge in [-0.05, 0) is 24.6 Å². The monoisotopic (exact) mass is 420 g/mol. The lowest BCUT2D eigenvalue weighted by atomic mass is 9.97. The Bertz CT molecular complexity index is 987. The van der Waals surface area contributed by atoms with Crippen molar-refractivity contribution in [2.24, 2.45) is 0 Å². The topological polar surface area (TPSA) is 72.1 Å². The van der Waals surface area contributed by atoms with Gasteiger partial charge in [0.15, 0.2) is 5.79 Å². The minimum Gasteiger partial charge on any atom is -0.492 e. The number of likely N-dealkylation sites (tertiary alicyclic amines) is 1. The third kappa shape index (κ3) is 3.09. The number of rotatable bonds is 3. The molecule has 0 amide bonds. The summed E-state index contributed by atoms with van der Waals surface area (Å²) in [6, 6.07) is 7.69. The Hall–Kier alpha value is -1.71. The second-order valence-electron chi connectivity index (χ2n) is 7.24. The maximum Gasteiger partial charge on any atom is 0.230 e. The molecular formula is C19H21ClN4O3S. The molecular weight excluding hydrogens is 400 g/mol. The van der Waals surface area contributed by atoms with Crippen LogP contribution in [0.25, 0.3) is 4.96 Å². The number of hydrogen-bond acceptors (Lipinski definition) is 7. The molecule has 3 aromatic rings. The van der Waals surface area contributed by atoms with Crippen molar-refractivity contribution in [1.29, 1.82) is 0 Å². The van der Waals surface area contributed by atoms with Crippen molar-refractivity contribution in [2.75, 3.05) is 26.3 Å². The third-order valence-electron chi connectivity index (χ3n) is 5.48. The minimum atomic E-state index is -0.439. The van der Waals surface area contributed by atoms with Gasteiger partial charge in [0, 0.05) is 31.0 Å². The van der Waals surface area contributed by atoms with Crippen LogP contribution in [0.5, 0.6) is 5.88 Å². The number of hydrogen-bond donors (Lipinski definition) is 1. The van der Waals surface area contributed by atoms with Gasteiger partial charge in [0.05, 0.1) is 24.1 Å². The predicted octanol–water partition coefficient (Wildman–Crippen LogP) is 3.39. The highest BCUT2D eigenvalue weighted by Gasteiger charge is 2.42. The van der Waals surface area contributed by atoms with Crippen LogP contribution in [-0.2, 0) is 9.47 Å². The number of aryl methyl sites for hydroxylation is 1. The molecule has 2 aliphatic heterocycles. The highest BCUT2D eigenvalue weighted by Crippen LogP contribution is 2.43. The van der Waals surface area contributed by atoms with Crippen LogP contribution >= 0.6 is 22.9 Å². The summed E-state index contributed by atoms with van der Waals surface area (Å²) in [7, 11) is 0. The van der Waals surface area contributed by atoms with Crippen molar-refractivity contribution in [3.05, 3.63) is 45.6 Å². The Morgan fingerprint density at radius 3 is 2.50 bits per heavy atom. The number of aromatic nitrogens is 3. The maximum atomic E-state index is 10.9. The Morgan fingerprint density at radius 1 is 1.18 bits per heavy atom. The summed E-state index contributed by atoms with van der Waals surface area (Å²) >= 11 is 7.58. The number of ether oxygens (including phenoxy) is 2. The van der Waals surface area contributed by atoms with Crippen molar-refractivity contribution in [2.45, 2.75) is 31.6 Å². The largest absolute Gasteiger partial charge is 0.492 e. The molecule has 2 fully saturated rings. The van der Waals surface area contributed by atoms with E-state index in [1.807, 2.05) is 31.2 Å². The molecule has 148 valence electrons. The molecule has 2 saturated heterocycles. The Labute approximate surface area is 171 Å². The van der Waals surface area contributed by atoms with E-state index in [2.05, 4.69) is 15.0 Å². The zero-order valence-corrected chi connectivity index (χ0v) is 17.0. The van der Waals surface area contributed by atoms with Crippen LogP contribution < -0.4 is 0 Å². The van der Waals surface area contributed by atoms with E-state index in [-0.39, 0.29) is 11.9 Å². The SMILES string of the molecule is Cc1nc2sc([C@@H](c3ccc(Cl)cc3)N3CCC4(CC3)OCCO4)c(O)n2n1. The zero-order chi connectivity index (χ0) is 19.3. The fourth-order valence-electron chi connectivity index (χ4n) is 4.11. The molecule has 1 N–H and O–H groups in total. The highest BCUT2D eigenvalue weighted by atomic mass is 35.5. The van der Waals surface area contributed by atoms with Gasteiger partial charge >= 0.3 is 0 Å². The van der Waals surface area contributed by atoms with Gasteiger partial charge in [-0.1, -0.05) is 35.1 Å². The van der Waals surface area contributed by atoms with Gasteiger partial charge in [0.1, 0.15) is 5.82 Å². The highest BCUT2D eigenvalue weighted by molar-refractivity contribution is 7.17. The lowest BCUT2D eigenvalue weighted by molar-refractivity contribution is -0.187. The molecule has 5 rings (SSSR count). The predicted molar refractivity (Wildman–Crippen MR) is 106 cm³/mol. The van der Waals surface area contributed by atoms with Gasteiger partial charge in [-0.25, -0.2) is 4.98 Å². The van der Waals surface area contributed by atoms with Gasteiger partial charge < -0.3 is 14.6 Å². The van der Waals surface area contributed by atoms with E-state index < -0.39 is 5.79 Å². The van der Waals surface area contributed by atoms with Crippen LogP contribution in [0.4, 0.5) is 0 Å². The van der Waals surface area contributed by atoms with Crippen LogP contribution in [0.2, 0.25) is 5.02 Å². The molecule has 0 saturated carbocycles. The maximum absolute atomic E-state index is 10.9. The van der Waals surface area contributed by atoms with E-state index in [4.69, 9.17) is 21.1 Å². The van der Waals surface area contributed by atoms with Crippen LogP contribution in [-0.4, -0.2) is 56.7 Å². The van der Waals surface area contributed by atoms with E-state index in [1.165, 1.54) is 15.9 Å². The molecule has 9 heteroatoms. The molecule has 0 bridgehead atoms. The quantitative estimate of drug-likeness (QED) is 0.700. The van der Waals surface area contributed by atoms with Crippen molar-refractivity contribution < 1.29 is 14.6 Å². The Balaban J connectivity index is 1.52. The summed E-state index contributed by atoms with van der Waals surface area (Å²) in [5, 5.41) is 15.9. The number of fused-ring (bicyclic) bond motifs is 1. The summed E-state index contributed by atoms with van der Waals surface area (Å²) in [6.45, 7) is 4.75. The number of nitrogens with zero attached hydrogens (tertiary/aromatic N) is 4. The number of piperidine rings is 1. The summed E-state index contributed by atoms with van der Waals surface area (Å²) < 4.78 is 13.3. The van der Waals surface area contributed by atoms with Crippen LogP contribution in [0.15, 0.2) is 24.3 Å². The first-order valence-electron chi connectivity index (χ1n) is 9.37. The lowest BCUT2D eigenvalue weighted by Crippen LogP contribution is -2.46. The van der Waals surface area contributed by atoms with Gasteiger partial charge in [-0.15, -0.1) is 5.10 Å². The number of benzene rings is 1. The van der Waals surface area contributed by atoms with Crippen LogP contribution in [0.1, 0.15) is 35.1 Å². The van der Waals surface area contributed by atoms with E-state index in [1.54, 1.807) is 0 Å². The molecule has 7 nitrogen and oxygen atoms in total. The normalized spacial score (nSPS) is 20.9.